The van der Waals surface area contributed by atoms with Crippen LogP contribution in [-0.2, 0) is 10.0 Å². The number of ketones is 1. The van der Waals surface area contributed by atoms with Gasteiger partial charge < -0.3 is 5.32 Å². The van der Waals surface area contributed by atoms with Crippen LogP contribution in [-0.4, -0.2) is 19.1 Å². The molecule has 0 bridgehead atoms. The monoisotopic (exact) mass is 411 g/mol. The first-order valence-corrected chi connectivity index (χ1v) is 10.00. The lowest BCUT2D eigenvalue weighted by molar-refractivity contribution is -0.383. The van der Waals surface area contributed by atoms with Gasteiger partial charge in [0.2, 0.25) is 10.0 Å². The number of nitrogens with two attached hydrogens (primary N) is 1. The zero-order chi connectivity index (χ0) is 21.2. The van der Waals surface area contributed by atoms with Gasteiger partial charge in [-0.2, -0.15) is 0 Å². The number of nitrogens with one attached hydrogen (secondary N) is 1. The molecule has 0 aliphatic carbocycles. The fourth-order valence-electron chi connectivity index (χ4n) is 2.83. The van der Waals surface area contributed by atoms with Crippen LogP contribution in [0.25, 0.3) is 0 Å². The number of aryl methyl sites for hydroxylation is 1. The van der Waals surface area contributed by atoms with E-state index in [-0.39, 0.29) is 27.6 Å². The number of nitro groups is 1. The fraction of sp³-hybridized carbons (Fsp3) is 0.0500. The molecule has 0 radical (unpaired) electrons. The third-order valence-corrected chi connectivity index (χ3v) is 5.32. The molecule has 8 nitrogen and oxygen atoms in total. The summed E-state index contributed by atoms with van der Waals surface area (Å²) >= 11 is 0. The van der Waals surface area contributed by atoms with E-state index < -0.39 is 14.9 Å². The van der Waals surface area contributed by atoms with Gasteiger partial charge in [0.1, 0.15) is 5.69 Å². The number of anilines is 2. The Morgan fingerprint density at radius 3 is 2.31 bits per heavy atom. The number of carbonyl (C=O) groups excluding carboxylic acids is 1. The topological polar surface area (TPSA) is 132 Å². The third kappa shape index (κ3) is 4.48. The summed E-state index contributed by atoms with van der Waals surface area (Å²) in [5, 5.41) is 19.6. The van der Waals surface area contributed by atoms with Crippen molar-refractivity contribution in [2.75, 3.05) is 5.32 Å². The van der Waals surface area contributed by atoms with Crippen molar-refractivity contribution < 1.29 is 18.1 Å². The van der Waals surface area contributed by atoms with Gasteiger partial charge in [0, 0.05) is 22.9 Å². The normalized spacial score (nSPS) is 11.1. The molecule has 0 aliphatic rings. The summed E-state index contributed by atoms with van der Waals surface area (Å²) in [5.41, 5.74) is 1.15. The predicted octanol–water partition coefficient (Wildman–Crippen LogP) is 3.53. The highest BCUT2D eigenvalue weighted by molar-refractivity contribution is 7.89. The summed E-state index contributed by atoms with van der Waals surface area (Å²) < 4.78 is 23.4. The van der Waals surface area contributed by atoms with Crippen molar-refractivity contribution in [2.45, 2.75) is 11.8 Å². The molecular weight excluding hydrogens is 394 g/mol. The fourth-order valence-corrected chi connectivity index (χ4v) is 3.63. The maximum atomic E-state index is 12.6. The average molecular weight is 411 g/mol. The van der Waals surface area contributed by atoms with Crippen molar-refractivity contribution in [3.8, 4) is 0 Å². The SMILES string of the molecule is Cc1ccc(Nc2ccc(C(=O)c3ccccc3)cc2[N+](=O)[O-])cc1S(N)(=O)=O. The first kappa shape index (κ1) is 20.2. The highest BCUT2D eigenvalue weighted by Gasteiger charge is 2.19. The molecule has 3 aromatic rings. The Kier molecular flexibility index (Phi) is 5.44. The van der Waals surface area contributed by atoms with Crippen molar-refractivity contribution in [3.05, 3.63) is 93.5 Å². The van der Waals surface area contributed by atoms with Crippen molar-refractivity contribution >= 4 is 32.9 Å². The first-order valence-electron chi connectivity index (χ1n) is 8.45. The van der Waals surface area contributed by atoms with E-state index in [1.165, 1.54) is 24.3 Å². The summed E-state index contributed by atoms with van der Waals surface area (Å²) in [6, 6.07) is 16.9. The molecule has 0 atom stereocenters. The molecule has 0 fully saturated rings. The minimum absolute atomic E-state index is 0.0824. The van der Waals surface area contributed by atoms with Gasteiger partial charge in [-0.1, -0.05) is 36.4 Å². The number of hydrogen-bond acceptors (Lipinski definition) is 6. The van der Waals surface area contributed by atoms with Gasteiger partial charge >= 0.3 is 0 Å². The van der Waals surface area contributed by atoms with E-state index in [1.807, 2.05) is 0 Å². The molecule has 0 spiro atoms. The summed E-state index contributed by atoms with van der Waals surface area (Å²) in [4.78, 5) is 23.4. The molecule has 0 saturated heterocycles. The zero-order valence-electron chi connectivity index (χ0n) is 15.3. The zero-order valence-corrected chi connectivity index (χ0v) is 16.1. The number of nitrogens with zero attached hydrogens (tertiary/aromatic N) is 1. The van der Waals surface area contributed by atoms with Crippen LogP contribution < -0.4 is 10.5 Å². The smallest absolute Gasteiger partial charge is 0.293 e. The molecule has 0 aromatic heterocycles. The van der Waals surface area contributed by atoms with Gasteiger partial charge in [0.05, 0.1) is 9.82 Å². The number of carbonyl (C=O) groups is 1. The Labute approximate surface area is 167 Å². The van der Waals surface area contributed by atoms with Crippen molar-refractivity contribution in [2.24, 2.45) is 5.14 Å². The number of hydrogen-bond donors (Lipinski definition) is 2. The van der Waals surface area contributed by atoms with E-state index in [0.717, 1.165) is 0 Å². The molecule has 3 rings (SSSR count). The van der Waals surface area contributed by atoms with Gasteiger partial charge in [-0.05, 0) is 36.8 Å². The molecule has 0 aliphatic heterocycles. The minimum Gasteiger partial charge on any atom is -0.350 e. The van der Waals surface area contributed by atoms with Gasteiger partial charge in [-0.15, -0.1) is 0 Å². The Hall–Kier alpha value is -3.56. The standard InChI is InChI=1S/C20H17N3O5S/c1-13-7-9-16(12-19(13)29(21,27)28)22-17-10-8-15(11-18(17)23(25)26)20(24)14-5-3-2-4-6-14/h2-12,22H,1H3,(H2,21,27,28). The van der Waals surface area contributed by atoms with Crippen LogP contribution in [0.15, 0.2) is 71.6 Å². The van der Waals surface area contributed by atoms with Crippen LogP contribution >= 0.6 is 0 Å². The molecule has 3 aromatic carbocycles. The Balaban J connectivity index is 1.99. The molecule has 0 heterocycles. The quantitative estimate of drug-likeness (QED) is 0.362. The second-order valence-electron chi connectivity index (χ2n) is 6.33. The maximum absolute atomic E-state index is 12.6. The molecule has 29 heavy (non-hydrogen) atoms. The number of benzene rings is 3. The van der Waals surface area contributed by atoms with Crippen LogP contribution in [0.4, 0.5) is 17.1 Å². The summed E-state index contributed by atoms with van der Waals surface area (Å²) in [5.74, 6) is -0.341. The van der Waals surface area contributed by atoms with Gasteiger partial charge in [0.15, 0.2) is 5.78 Å². The summed E-state index contributed by atoms with van der Waals surface area (Å²) in [6.07, 6.45) is 0. The average Bonchev–Trinajstić information content (AvgIpc) is 2.69. The van der Waals surface area contributed by atoms with Crippen LogP contribution in [0, 0.1) is 17.0 Å². The molecule has 9 heteroatoms. The second kappa shape index (κ2) is 7.82. The van der Waals surface area contributed by atoms with Crippen LogP contribution in [0.2, 0.25) is 0 Å². The van der Waals surface area contributed by atoms with Gasteiger partial charge in [-0.3, -0.25) is 14.9 Å². The highest BCUT2D eigenvalue weighted by atomic mass is 32.2. The van der Waals surface area contributed by atoms with E-state index in [2.05, 4.69) is 5.32 Å². The predicted molar refractivity (Wildman–Crippen MR) is 109 cm³/mol. The Bertz CT molecular complexity index is 1210. The second-order valence-corrected chi connectivity index (χ2v) is 7.86. The Morgan fingerprint density at radius 2 is 1.69 bits per heavy atom. The molecule has 148 valence electrons. The molecule has 3 N–H and O–H groups in total. The molecule has 0 unspecified atom stereocenters. The first-order chi connectivity index (χ1) is 13.7. The van der Waals surface area contributed by atoms with Crippen LogP contribution in [0.5, 0.6) is 0 Å². The number of rotatable bonds is 6. The Morgan fingerprint density at radius 1 is 1.00 bits per heavy atom. The van der Waals surface area contributed by atoms with Crippen LogP contribution in [0.3, 0.4) is 0 Å². The van der Waals surface area contributed by atoms with E-state index in [1.54, 1.807) is 49.4 Å². The van der Waals surface area contributed by atoms with E-state index in [9.17, 15) is 23.3 Å². The lowest BCUT2D eigenvalue weighted by atomic mass is 10.0. The van der Waals surface area contributed by atoms with E-state index in [0.29, 0.717) is 16.8 Å². The largest absolute Gasteiger partial charge is 0.350 e. The van der Waals surface area contributed by atoms with Crippen molar-refractivity contribution in [1.29, 1.82) is 0 Å². The van der Waals surface area contributed by atoms with E-state index in [4.69, 9.17) is 5.14 Å². The lowest BCUT2D eigenvalue weighted by Gasteiger charge is -2.11. The lowest BCUT2D eigenvalue weighted by Crippen LogP contribution is -2.14. The number of primary sulfonamides is 1. The van der Waals surface area contributed by atoms with Gasteiger partial charge in [-0.25, -0.2) is 13.6 Å². The minimum atomic E-state index is -3.94. The number of nitro benzene ring substituents is 1. The van der Waals surface area contributed by atoms with Gasteiger partial charge in [0.25, 0.3) is 5.69 Å². The highest BCUT2D eigenvalue weighted by Crippen LogP contribution is 2.30. The maximum Gasteiger partial charge on any atom is 0.293 e. The molecule has 0 amide bonds. The summed E-state index contributed by atoms with van der Waals surface area (Å²) in [7, 11) is -3.94. The molecule has 0 saturated carbocycles. The van der Waals surface area contributed by atoms with Crippen molar-refractivity contribution in [3.63, 3.8) is 0 Å². The third-order valence-electron chi connectivity index (χ3n) is 4.27. The molecular formula is C20H17N3O5S. The summed E-state index contributed by atoms with van der Waals surface area (Å²) in [6.45, 7) is 1.59. The number of sulfonamides is 1. The van der Waals surface area contributed by atoms with Crippen LogP contribution in [0.1, 0.15) is 21.5 Å². The van der Waals surface area contributed by atoms with Crippen molar-refractivity contribution in [1.82, 2.24) is 0 Å². The van der Waals surface area contributed by atoms with E-state index >= 15 is 0 Å².